The summed E-state index contributed by atoms with van der Waals surface area (Å²) in [6.45, 7) is 18.3. The van der Waals surface area contributed by atoms with E-state index in [0.29, 0.717) is 41.8 Å². The quantitative estimate of drug-likeness (QED) is 0.0811. The first-order valence-corrected chi connectivity index (χ1v) is 23.0. The number of carbonyl (C=O) groups excluding carboxylic acids is 6. The molecule has 0 spiro atoms. The van der Waals surface area contributed by atoms with Crippen molar-refractivity contribution in [1.29, 1.82) is 0 Å². The maximum absolute atomic E-state index is 13.7. The third kappa shape index (κ3) is 14.1. The van der Waals surface area contributed by atoms with E-state index in [-0.39, 0.29) is 24.4 Å². The number of benzene rings is 2. The van der Waals surface area contributed by atoms with Crippen molar-refractivity contribution in [1.82, 2.24) is 31.9 Å². The fraction of sp³-hybridized carbons (Fsp3) is 0.617. The number of ether oxygens (including phenoxy) is 2. The standard InChI is InChI=1S/C47H68BClN6O10/c1-28(62-44(2,3)4)39(55-38(57)26-51-40(58)31-16-14-29(15-17-31)30-18-20-33(49)21-19-30)42(60)52-25-37(56)54-34(13-11-12-22-50-43(61)63-45(5,6)7)41(59)53-27-48-64-36-24-32-23-35(46(32,8)9)47(36,10)65-48/h14-21,28,32,34-36,39H,11-13,22-27H2,1-10H3,(H,50,61)(H,51,58)(H,52,60)(H,53,59)(H,54,56)(H,55,57)/t28-,32+,34+,35+,36-,39+,47+/m1/s1. The van der Waals surface area contributed by atoms with Crippen molar-refractivity contribution in [2.75, 3.05) is 26.1 Å². The van der Waals surface area contributed by atoms with Gasteiger partial charge in [0.15, 0.2) is 0 Å². The Morgan fingerprint density at radius 1 is 0.785 bits per heavy atom. The van der Waals surface area contributed by atoms with Crippen LogP contribution in [0.3, 0.4) is 0 Å². The zero-order chi connectivity index (χ0) is 47.9. The number of carbonyl (C=O) groups is 6. The third-order valence-corrected chi connectivity index (χ3v) is 12.7. The van der Waals surface area contributed by atoms with Crippen LogP contribution in [0.5, 0.6) is 0 Å². The van der Waals surface area contributed by atoms with Crippen LogP contribution in [-0.2, 0) is 38.0 Å². The van der Waals surface area contributed by atoms with Gasteiger partial charge in [0.2, 0.25) is 23.6 Å². The van der Waals surface area contributed by atoms with Gasteiger partial charge in [-0.3, -0.25) is 24.0 Å². The normalized spacial score (nSPS) is 22.2. The Hall–Kier alpha value is -4.71. The summed E-state index contributed by atoms with van der Waals surface area (Å²) in [5.74, 6) is -2.06. The van der Waals surface area contributed by atoms with Crippen molar-refractivity contribution in [3.05, 3.63) is 59.1 Å². The van der Waals surface area contributed by atoms with Crippen LogP contribution in [0, 0.1) is 17.3 Å². The molecule has 1 saturated heterocycles. The lowest BCUT2D eigenvalue weighted by Gasteiger charge is -2.64. The monoisotopic (exact) mass is 922 g/mol. The zero-order valence-corrected chi connectivity index (χ0v) is 40.2. The van der Waals surface area contributed by atoms with Crippen molar-refractivity contribution in [2.45, 2.75) is 142 Å². The van der Waals surface area contributed by atoms with Crippen molar-refractivity contribution >= 4 is 54.3 Å². The van der Waals surface area contributed by atoms with Gasteiger partial charge in [0.25, 0.3) is 5.91 Å². The van der Waals surface area contributed by atoms with Crippen LogP contribution < -0.4 is 31.9 Å². The molecule has 6 amide bonds. The number of rotatable bonds is 19. The van der Waals surface area contributed by atoms with Crippen molar-refractivity contribution in [3.8, 4) is 11.1 Å². The van der Waals surface area contributed by atoms with Gasteiger partial charge in [-0.05, 0) is 140 Å². The van der Waals surface area contributed by atoms with E-state index in [4.69, 9.17) is 30.4 Å². The largest absolute Gasteiger partial charge is 0.478 e. The maximum atomic E-state index is 13.7. The van der Waals surface area contributed by atoms with E-state index in [9.17, 15) is 28.8 Å². The van der Waals surface area contributed by atoms with Gasteiger partial charge in [0.05, 0.1) is 42.9 Å². The minimum atomic E-state index is -1.25. The van der Waals surface area contributed by atoms with Gasteiger partial charge in [-0.15, -0.1) is 0 Å². The molecule has 1 heterocycles. The predicted octanol–water partition coefficient (Wildman–Crippen LogP) is 5.10. The lowest BCUT2D eigenvalue weighted by atomic mass is 9.43. The highest BCUT2D eigenvalue weighted by atomic mass is 35.5. The minimum absolute atomic E-state index is 0.0634. The SMILES string of the molecule is C[C@@H](OC(C)(C)C)[C@H](NC(=O)CNC(=O)c1ccc(-c2ccc(Cl)cc2)cc1)C(=O)NCC(=O)N[C@@H](CCCCNC(=O)OC(C)(C)C)C(=O)NCB1O[C@@H]2C[C@@H]3C[C@@H](C3(C)C)[C@]2(C)O1. The zero-order valence-electron chi connectivity index (χ0n) is 39.5. The van der Waals surface area contributed by atoms with Gasteiger partial charge < -0.3 is 50.7 Å². The van der Waals surface area contributed by atoms with E-state index in [1.165, 1.54) is 0 Å². The molecule has 4 fully saturated rings. The Balaban J connectivity index is 1.15. The summed E-state index contributed by atoms with van der Waals surface area (Å²) in [5.41, 5.74) is 0.493. The van der Waals surface area contributed by atoms with Gasteiger partial charge >= 0.3 is 13.2 Å². The molecule has 18 heteroatoms. The molecule has 16 nitrogen and oxygen atoms in total. The number of hydrogen-bond acceptors (Lipinski definition) is 10. The van der Waals surface area contributed by atoms with Crippen molar-refractivity contribution in [2.24, 2.45) is 17.3 Å². The van der Waals surface area contributed by atoms with E-state index in [2.05, 4.69) is 52.7 Å². The average Bonchev–Trinajstić information content (AvgIpc) is 3.57. The number of halogens is 1. The summed E-state index contributed by atoms with van der Waals surface area (Å²) < 4.78 is 24.1. The Labute approximate surface area is 388 Å². The fourth-order valence-corrected chi connectivity index (χ4v) is 9.21. The van der Waals surface area contributed by atoms with E-state index < -0.39 is 90.8 Å². The van der Waals surface area contributed by atoms with E-state index in [1.807, 2.05) is 12.1 Å². The summed E-state index contributed by atoms with van der Waals surface area (Å²) in [6, 6.07) is 11.9. The Morgan fingerprint density at radius 2 is 1.40 bits per heavy atom. The molecule has 2 aromatic rings. The molecule has 2 bridgehead atoms. The summed E-state index contributed by atoms with van der Waals surface area (Å²) in [6.07, 6.45) is 1.77. The lowest BCUT2D eigenvalue weighted by molar-refractivity contribution is -0.199. The second-order valence-electron chi connectivity index (χ2n) is 20.2. The molecule has 6 rings (SSSR count). The van der Waals surface area contributed by atoms with Crippen LogP contribution in [0.25, 0.3) is 11.1 Å². The topological polar surface area (TPSA) is 212 Å². The Kier molecular flexibility index (Phi) is 16.8. The third-order valence-electron chi connectivity index (χ3n) is 12.4. The highest BCUT2D eigenvalue weighted by molar-refractivity contribution is 6.46. The van der Waals surface area contributed by atoms with Crippen molar-refractivity contribution in [3.63, 3.8) is 0 Å². The first-order valence-electron chi connectivity index (χ1n) is 22.6. The smallest absolute Gasteiger partial charge is 0.444 e. The van der Waals surface area contributed by atoms with Crippen LogP contribution in [0.4, 0.5) is 4.79 Å². The molecule has 1 aliphatic heterocycles. The molecule has 4 aliphatic rings. The van der Waals surface area contributed by atoms with Gasteiger partial charge in [-0.2, -0.15) is 0 Å². The number of nitrogens with one attached hydrogen (secondary N) is 6. The molecule has 65 heavy (non-hydrogen) atoms. The van der Waals surface area contributed by atoms with Crippen LogP contribution in [0.1, 0.15) is 112 Å². The molecule has 7 atom stereocenters. The number of hydrogen-bond donors (Lipinski definition) is 6. The van der Waals surface area contributed by atoms with Crippen LogP contribution in [-0.4, -0.2) is 110 Å². The summed E-state index contributed by atoms with van der Waals surface area (Å²) in [4.78, 5) is 79.1. The molecule has 2 aromatic carbocycles. The number of amides is 6. The van der Waals surface area contributed by atoms with Gasteiger partial charge in [0, 0.05) is 17.1 Å². The summed E-state index contributed by atoms with van der Waals surface area (Å²) in [7, 11) is -0.650. The first kappa shape index (κ1) is 51.3. The predicted molar refractivity (Wildman–Crippen MR) is 248 cm³/mol. The minimum Gasteiger partial charge on any atom is -0.444 e. The van der Waals surface area contributed by atoms with E-state index >= 15 is 0 Å². The first-order chi connectivity index (χ1) is 30.3. The van der Waals surface area contributed by atoms with Gasteiger partial charge in [-0.1, -0.05) is 49.7 Å². The van der Waals surface area contributed by atoms with Crippen LogP contribution in [0.2, 0.25) is 5.02 Å². The molecule has 0 aromatic heterocycles. The number of unbranched alkanes of at least 4 members (excludes halogenated alkanes) is 1. The summed E-state index contributed by atoms with van der Waals surface area (Å²) >= 11 is 6.00. The molecular weight excluding hydrogens is 855 g/mol. The highest BCUT2D eigenvalue weighted by Crippen LogP contribution is 2.65. The second-order valence-corrected chi connectivity index (χ2v) is 20.6. The Bertz CT molecular complexity index is 2020. The van der Waals surface area contributed by atoms with Crippen LogP contribution in [0.15, 0.2) is 48.5 Å². The maximum Gasteiger partial charge on any atom is 0.478 e. The lowest BCUT2D eigenvalue weighted by Crippen LogP contribution is -2.65. The van der Waals surface area contributed by atoms with Gasteiger partial charge in [0.1, 0.15) is 17.7 Å². The molecule has 3 saturated carbocycles. The van der Waals surface area contributed by atoms with E-state index in [0.717, 1.165) is 24.0 Å². The molecule has 6 N–H and O–H groups in total. The van der Waals surface area contributed by atoms with Crippen LogP contribution >= 0.6 is 11.6 Å². The second kappa shape index (κ2) is 21.3. The van der Waals surface area contributed by atoms with E-state index in [1.54, 1.807) is 84.9 Å². The van der Waals surface area contributed by atoms with Gasteiger partial charge in [-0.25, -0.2) is 4.79 Å². The molecule has 0 unspecified atom stereocenters. The molecule has 0 radical (unpaired) electrons. The van der Waals surface area contributed by atoms with Crippen molar-refractivity contribution < 1.29 is 47.5 Å². The molecular formula is C47H68BClN6O10. The summed E-state index contributed by atoms with van der Waals surface area (Å²) in [5, 5.41) is 16.7. The average molecular weight is 923 g/mol. The molecule has 356 valence electrons. The number of alkyl carbamates (subject to hydrolysis) is 1. The fourth-order valence-electron chi connectivity index (χ4n) is 9.08. The molecule has 3 aliphatic carbocycles. The Morgan fingerprint density at radius 3 is 2.02 bits per heavy atom. The highest BCUT2D eigenvalue weighted by Gasteiger charge is 2.67.